The zero-order valence-corrected chi connectivity index (χ0v) is 13.9. The van der Waals surface area contributed by atoms with Crippen molar-refractivity contribution in [3.8, 4) is 0 Å². The molecule has 1 heterocycles. The van der Waals surface area contributed by atoms with Crippen LogP contribution in [0.5, 0.6) is 0 Å². The molecule has 1 amide bonds. The van der Waals surface area contributed by atoms with Crippen molar-refractivity contribution < 1.29 is 4.79 Å². The molecule has 0 aromatic heterocycles. The van der Waals surface area contributed by atoms with Gasteiger partial charge in [0.2, 0.25) is 5.91 Å². The highest BCUT2D eigenvalue weighted by molar-refractivity contribution is 9.10. The van der Waals surface area contributed by atoms with Crippen molar-refractivity contribution >= 4 is 34.2 Å². The molecule has 1 aliphatic rings. The van der Waals surface area contributed by atoms with Gasteiger partial charge < -0.3 is 10.6 Å². The minimum Gasteiger partial charge on any atom is -0.352 e. The fourth-order valence-electron chi connectivity index (χ4n) is 2.40. The third-order valence-corrected chi connectivity index (χ3v) is 4.17. The molecule has 5 heteroatoms. The molecule has 0 atom stereocenters. The van der Waals surface area contributed by atoms with E-state index in [9.17, 15) is 4.79 Å². The SMILES string of the molecule is Cl.O=C(CCC1CCNCC1)NCc1ccc(Br)cc1. The third kappa shape index (κ3) is 6.25. The van der Waals surface area contributed by atoms with Gasteiger partial charge in [0, 0.05) is 17.4 Å². The summed E-state index contributed by atoms with van der Waals surface area (Å²) in [5.74, 6) is 0.890. The van der Waals surface area contributed by atoms with E-state index in [1.54, 1.807) is 0 Å². The largest absolute Gasteiger partial charge is 0.352 e. The number of nitrogens with one attached hydrogen (secondary N) is 2. The minimum atomic E-state index is 0. The van der Waals surface area contributed by atoms with E-state index in [0.29, 0.717) is 13.0 Å². The minimum absolute atomic E-state index is 0. The van der Waals surface area contributed by atoms with Gasteiger partial charge in [-0.05, 0) is 56.0 Å². The predicted molar refractivity (Wildman–Crippen MR) is 88.1 cm³/mol. The van der Waals surface area contributed by atoms with Gasteiger partial charge in [0.1, 0.15) is 0 Å². The summed E-state index contributed by atoms with van der Waals surface area (Å²) >= 11 is 3.40. The van der Waals surface area contributed by atoms with E-state index in [-0.39, 0.29) is 18.3 Å². The Bertz CT molecular complexity index is 405. The van der Waals surface area contributed by atoms with Crippen molar-refractivity contribution in [3.63, 3.8) is 0 Å². The molecule has 0 radical (unpaired) electrons. The van der Waals surface area contributed by atoms with Crippen LogP contribution in [0.15, 0.2) is 28.7 Å². The number of rotatable bonds is 5. The Morgan fingerprint density at radius 3 is 2.55 bits per heavy atom. The maximum absolute atomic E-state index is 11.8. The summed E-state index contributed by atoms with van der Waals surface area (Å²) in [5, 5.41) is 6.34. The molecule has 1 aliphatic heterocycles. The molecule has 20 heavy (non-hydrogen) atoms. The molecule has 1 aromatic rings. The molecule has 0 bridgehead atoms. The maximum atomic E-state index is 11.8. The molecule has 112 valence electrons. The van der Waals surface area contributed by atoms with Crippen LogP contribution in [0.2, 0.25) is 0 Å². The Morgan fingerprint density at radius 1 is 1.25 bits per heavy atom. The van der Waals surface area contributed by atoms with Crippen LogP contribution < -0.4 is 10.6 Å². The molecular weight excluding hydrogens is 340 g/mol. The highest BCUT2D eigenvalue weighted by atomic mass is 79.9. The third-order valence-electron chi connectivity index (χ3n) is 3.64. The highest BCUT2D eigenvalue weighted by Crippen LogP contribution is 2.17. The van der Waals surface area contributed by atoms with Gasteiger partial charge in [-0.25, -0.2) is 0 Å². The van der Waals surface area contributed by atoms with Crippen LogP contribution in [0.4, 0.5) is 0 Å². The van der Waals surface area contributed by atoms with E-state index in [2.05, 4.69) is 26.6 Å². The fraction of sp³-hybridized carbons (Fsp3) is 0.533. The number of hydrogen-bond acceptors (Lipinski definition) is 2. The smallest absolute Gasteiger partial charge is 0.220 e. The molecule has 1 fully saturated rings. The van der Waals surface area contributed by atoms with Gasteiger partial charge in [-0.15, -0.1) is 12.4 Å². The summed E-state index contributed by atoms with van der Waals surface area (Å²) in [4.78, 5) is 11.8. The van der Waals surface area contributed by atoms with E-state index in [0.717, 1.165) is 35.5 Å². The zero-order valence-electron chi connectivity index (χ0n) is 11.5. The second kappa shape index (κ2) is 9.37. The second-order valence-corrected chi connectivity index (χ2v) is 6.05. The molecule has 2 N–H and O–H groups in total. The number of hydrogen-bond donors (Lipinski definition) is 2. The van der Waals surface area contributed by atoms with Crippen molar-refractivity contribution in [2.24, 2.45) is 5.92 Å². The van der Waals surface area contributed by atoms with Crippen LogP contribution in [-0.2, 0) is 11.3 Å². The summed E-state index contributed by atoms with van der Waals surface area (Å²) in [6.07, 6.45) is 4.09. The first-order valence-electron chi connectivity index (χ1n) is 6.96. The first-order valence-corrected chi connectivity index (χ1v) is 7.75. The van der Waals surface area contributed by atoms with Crippen LogP contribution in [-0.4, -0.2) is 19.0 Å². The van der Waals surface area contributed by atoms with Crippen molar-refractivity contribution in [1.82, 2.24) is 10.6 Å². The number of piperidine rings is 1. The number of amides is 1. The van der Waals surface area contributed by atoms with Crippen molar-refractivity contribution in [1.29, 1.82) is 0 Å². The van der Waals surface area contributed by atoms with E-state index in [1.165, 1.54) is 12.8 Å². The van der Waals surface area contributed by atoms with Gasteiger partial charge in [-0.3, -0.25) is 4.79 Å². The molecule has 3 nitrogen and oxygen atoms in total. The molecule has 0 spiro atoms. The van der Waals surface area contributed by atoms with Crippen molar-refractivity contribution in [2.45, 2.75) is 32.2 Å². The van der Waals surface area contributed by atoms with Crippen LogP contribution in [0, 0.1) is 5.92 Å². The molecule has 2 rings (SSSR count). The van der Waals surface area contributed by atoms with Crippen LogP contribution in [0.25, 0.3) is 0 Å². The van der Waals surface area contributed by atoms with Crippen LogP contribution in [0.1, 0.15) is 31.2 Å². The van der Waals surface area contributed by atoms with Gasteiger partial charge in [0.15, 0.2) is 0 Å². The first kappa shape index (κ1) is 17.5. The van der Waals surface area contributed by atoms with E-state index in [1.807, 2.05) is 24.3 Å². The summed E-state index contributed by atoms with van der Waals surface area (Å²) in [6, 6.07) is 8.04. The Morgan fingerprint density at radius 2 is 1.90 bits per heavy atom. The van der Waals surface area contributed by atoms with Crippen LogP contribution >= 0.6 is 28.3 Å². The van der Waals surface area contributed by atoms with E-state index in [4.69, 9.17) is 0 Å². The summed E-state index contributed by atoms with van der Waals surface area (Å²) < 4.78 is 1.06. The standard InChI is InChI=1S/C15H21BrN2O.ClH/c16-14-4-1-13(2-5-14)11-18-15(19)6-3-12-7-9-17-10-8-12;/h1-2,4-5,12,17H,3,6-11H2,(H,18,19);1H. The lowest BCUT2D eigenvalue weighted by Crippen LogP contribution is -2.29. The zero-order chi connectivity index (χ0) is 13.5. The second-order valence-electron chi connectivity index (χ2n) is 5.14. The topological polar surface area (TPSA) is 41.1 Å². The quantitative estimate of drug-likeness (QED) is 0.845. The maximum Gasteiger partial charge on any atom is 0.220 e. The molecule has 0 aliphatic carbocycles. The Hall–Kier alpha value is -0.580. The molecule has 1 aromatic carbocycles. The van der Waals surface area contributed by atoms with Crippen LogP contribution in [0.3, 0.4) is 0 Å². The summed E-state index contributed by atoms with van der Waals surface area (Å²) in [6.45, 7) is 2.83. The average Bonchev–Trinajstić information content (AvgIpc) is 2.45. The Kier molecular flexibility index (Phi) is 8.19. The summed E-state index contributed by atoms with van der Waals surface area (Å²) in [7, 11) is 0. The number of carbonyl (C=O) groups is 1. The summed E-state index contributed by atoms with van der Waals surface area (Å²) in [5.41, 5.74) is 1.14. The molecular formula is C15H22BrClN2O. The van der Waals surface area contributed by atoms with Gasteiger partial charge in [-0.2, -0.15) is 0 Å². The van der Waals surface area contributed by atoms with Crippen molar-refractivity contribution in [3.05, 3.63) is 34.3 Å². The molecule has 1 saturated heterocycles. The normalized spacial score (nSPS) is 15.4. The van der Waals surface area contributed by atoms with Gasteiger partial charge in [0.25, 0.3) is 0 Å². The average molecular weight is 362 g/mol. The monoisotopic (exact) mass is 360 g/mol. The van der Waals surface area contributed by atoms with E-state index >= 15 is 0 Å². The van der Waals surface area contributed by atoms with Crippen molar-refractivity contribution in [2.75, 3.05) is 13.1 Å². The first-order chi connectivity index (χ1) is 9.24. The van der Waals surface area contributed by atoms with Gasteiger partial charge in [0.05, 0.1) is 0 Å². The highest BCUT2D eigenvalue weighted by Gasteiger charge is 2.14. The Balaban J connectivity index is 0.00000200. The number of benzene rings is 1. The molecule has 0 unspecified atom stereocenters. The lowest BCUT2D eigenvalue weighted by molar-refractivity contribution is -0.121. The predicted octanol–water partition coefficient (Wildman–Crippen LogP) is 3.27. The van der Waals surface area contributed by atoms with E-state index < -0.39 is 0 Å². The Labute approximate surface area is 135 Å². The number of halogens is 2. The fourth-order valence-corrected chi connectivity index (χ4v) is 2.66. The number of carbonyl (C=O) groups excluding carboxylic acids is 1. The lowest BCUT2D eigenvalue weighted by Gasteiger charge is -2.22. The van der Waals surface area contributed by atoms with Gasteiger partial charge >= 0.3 is 0 Å². The lowest BCUT2D eigenvalue weighted by atomic mass is 9.93. The van der Waals surface area contributed by atoms with Gasteiger partial charge in [-0.1, -0.05) is 28.1 Å². The molecule has 0 saturated carbocycles.